The van der Waals surface area contributed by atoms with Crippen LogP contribution >= 0.6 is 15.9 Å². The van der Waals surface area contributed by atoms with Crippen LogP contribution in [-0.4, -0.2) is 19.7 Å². The van der Waals surface area contributed by atoms with Crippen LogP contribution in [0.5, 0.6) is 0 Å². The number of hydrogen-bond acceptors (Lipinski definition) is 2. The third kappa shape index (κ3) is 4.99. The van der Waals surface area contributed by atoms with E-state index in [2.05, 4.69) is 31.9 Å². The summed E-state index contributed by atoms with van der Waals surface area (Å²) in [6, 6.07) is 3.76. The van der Waals surface area contributed by atoms with Crippen LogP contribution in [0.15, 0.2) is 39.9 Å². The van der Waals surface area contributed by atoms with Gasteiger partial charge >= 0.3 is 0 Å². The van der Waals surface area contributed by atoms with Crippen molar-refractivity contribution in [3.8, 4) is 0 Å². The fourth-order valence-corrected chi connectivity index (χ4v) is 2.42. The Morgan fingerprint density at radius 3 is 2.79 bits per heavy atom. The lowest BCUT2D eigenvalue weighted by Gasteiger charge is -2.15. The molecule has 0 N–H and O–H groups in total. The largest absolute Gasteiger partial charge is 0.254 e. The topological polar surface area (TPSA) is 42.3 Å². The molecule has 0 fully saturated rings. The molecule has 0 saturated carbocycles. The van der Waals surface area contributed by atoms with Crippen LogP contribution in [0.4, 0.5) is 0 Å². The second-order valence-corrected chi connectivity index (χ2v) is 7.82. The lowest BCUT2D eigenvalue weighted by atomic mass is 10.1. The first-order valence-electron chi connectivity index (χ1n) is 6.07. The summed E-state index contributed by atoms with van der Waals surface area (Å²) in [5, 5.41) is 0. The van der Waals surface area contributed by atoms with E-state index in [1.807, 2.05) is 39.0 Å². The summed E-state index contributed by atoms with van der Waals surface area (Å²) in [4.78, 5) is 4.32. The Morgan fingerprint density at radius 2 is 2.26 bits per heavy atom. The van der Waals surface area contributed by atoms with Crippen molar-refractivity contribution < 1.29 is 4.21 Å². The SMILES string of the molecule is C=CCCC(=NS(=O)C(C)(C)C)c1ncccc1Br. The smallest absolute Gasteiger partial charge is 0.145 e. The van der Waals surface area contributed by atoms with E-state index in [9.17, 15) is 4.21 Å². The normalized spacial score (nSPS) is 14.2. The minimum atomic E-state index is -1.29. The van der Waals surface area contributed by atoms with Gasteiger partial charge in [-0.3, -0.25) is 4.98 Å². The van der Waals surface area contributed by atoms with Gasteiger partial charge in [0.1, 0.15) is 11.0 Å². The molecule has 1 atom stereocenters. The quantitative estimate of drug-likeness (QED) is 0.598. The van der Waals surface area contributed by atoms with Crippen molar-refractivity contribution in [3.05, 3.63) is 41.2 Å². The Morgan fingerprint density at radius 1 is 1.58 bits per heavy atom. The highest BCUT2D eigenvalue weighted by atomic mass is 79.9. The first-order chi connectivity index (χ1) is 8.86. The van der Waals surface area contributed by atoms with Crippen LogP contribution in [0, 0.1) is 0 Å². The van der Waals surface area contributed by atoms with Gasteiger partial charge in [-0.05, 0) is 61.7 Å². The van der Waals surface area contributed by atoms with Crippen LogP contribution in [0.3, 0.4) is 0 Å². The van der Waals surface area contributed by atoms with Crippen LogP contribution < -0.4 is 0 Å². The molecule has 104 valence electrons. The number of pyridine rings is 1. The van der Waals surface area contributed by atoms with E-state index in [0.29, 0.717) is 6.42 Å². The molecule has 1 aromatic rings. The lowest BCUT2D eigenvalue weighted by molar-refractivity contribution is 0.650. The molecule has 0 spiro atoms. The lowest BCUT2D eigenvalue weighted by Crippen LogP contribution is -2.21. The molecule has 0 aliphatic rings. The maximum absolute atomic E-state index is 12.2. The van der Waals surface area contributed by atoms with E-state index in [0.717, 1.165) is 22.3 Å². The van der Waals surface area contributed by atoms with Crippen molar-refractivity contribution in [3.63, 3.8) is 0 Å². The summed E-state index contributed by atoms with van der Waals surface area (Å²) in [6.07, 6.45) is 5.00. The minimum absolute atomic E-state index is 0.374. The molecule has 19 heavy (non-hydrogen) atoms. The van der Waals surface area contributed by atoms with E-state index in [1.54, 1.807) is 6.20 Å². The van der Waals surface area contributed by atoms with E-state index in [-0.39, 0.29) is 4.75 Å². The Bertz CT molecular complexity index is 506. The second-order valence-electron chi connectivity index (χ2n) is 5.06. The van der Waals surface area contributed by atoms with Crippen molar-refractivity contribution in [1.82, 2.24) is 4.98 Å². The number of halogens is 1. The maximum Gasteiger partial charge on any atom is 0.145 e. The first-order valence-corrected chi connectivity index (χ1v) is 7.97. The summed E-state index contributed by atoms with van der Waals surface area (Å²) in [5.74, 6) is 0. The third-order valence-corrected chi connectivity index (χ3v) is 4.41. The average Bonchev–Trinajstić information content (AvgIpc) is 2.34. The number of aromatic nitrogens is 1. The van der Waals surface area contributed by atoms with Crippen molar-refractivity contribution in [1.29, 1.82) is 0 Å². The number of allylic oxidation sites excluding steroid dienone is 1. The van der Waals surface area contributed by atoms with Gasteiger partial charge in [-0.2, -0.15) is 4.40 Å². The molecule has 1 aromatic heterocycles. The van der Waals surface area contributed by atoms with Crippen LogP contribution in [0.25, 0.3) is 0 Å². The van der Waals surface area contributed by atoms with Gasteiger partial charge in [0.05, 0.1) is 16.2 Å². The van der Waals surface area contributed by atoms with Gasteiger partial charge in [0.25, 0.3) is 0 Å². The highest BCUT2D eigenvalue weighted by Crippen LogP contribution is 2.20. The third-order valence-electron chi connectivity index (χ3n) is 2.33. The fraction of sp³-hybridized carbons (Fsp3) is 0.429. The summed E-state index contributed by atoms with van der Waals surface area (Å²) >= 11 is 3.46. The zero-order valence-electron chi connectivity index (χ0n) is 11.5. The second kappa shape index (κ2) is 7.10. The summed E-state index contributed by atoms with van der Waals surface area (Å²) in [7, 11) is -1.29. The monoisotopic (exact) mass is 342 g/mol. The number of nitrogens with zero attached hydrogens (tertiary/aromatic N) is 2. The molecule has 3 nitrogen and oxygen atoms in total. The van der Waals surface area contributed by atoms with Gasteiger partial charge in [-0.1, -0.05) is 6.08 Å². The Hall–Kier alpha value is -0.810. The summed E-state index contributed by atoms with van der Waals surface area (Å²) in [6.45, 7) is 9.44. The van der Waals surface area contributed by atoms with Crippen molar-refractivity contribution in [2.75, 3.05) is 0 Å². The average molecular weight is 343 g/mol. The van der Waals surface area contributed by atoms with Gasteiger partial charge in [0.15, 0.2) is 0 Å². The van der Waals surface area contributed by atoms with Gasteiger partial charge in [-0.15, -0.1) is 6.58 Å². The summed E-state index contributed by atoms with van der Waals surface area (Å²) < 4.78 is 17.0. The molecular formula is C14H19BrN2OS. The number of rotatable bonds is 5. The Labute approximate surface area is 126 Å². The molecule has 0 amide bonds. The molecule has 1 unspecified atom stereocenters. The first kappa shape index (κ1) is 16.2. The van der Waals surface area contributed by atoms with Gasteiger partial charge < -0.3 is 0 Å². The van der Waals surface area contributed by atoms with Crippen molar-refractivity contribution >= 4 is 32.6 Å². The van der Waals surface area contributed by atoms with Crippen LogP contribution in [0.1, 0.15) is 39.3 Å². The van der Waals surface area contributed by atoms with E-state index < -0.39 is 11.0 Å². The molecule has 0 aliphatic heterocycles. The maximum atomic E-state index is 12.2. The number of hydrogen-bond donors (Lipinski definition) is 0. The zero-order valence-corrected chi connectivity index (χ0v) is 13.9. The molecule has 0 bridgehead atoms. The fourth-order valence-electron chi connectivity index (χ4n) is 1.28. The molecule has 5 heteroatoms. The molecule has 0 radical (unpaired) electrons. The molecular weight excluding hydrogens is 324 g/mol. The van der Waals surface area contributed by atoms with Crippen LogP contribution in [0.2, 0.25) is 0 Å². The van der Waals surface area contributed by atoms with E-state index in [1.165, 1.54) is 0 Å². The van der Waals surface area contributed by atoms with E-state index in [4.69, 9.17) is 0 Å². The predicted octanol–water partition coefficient (Wildman–Crippen LogP) is 4.06. The van der Waals surface area contributed by atoms with Crippen molar-refractivity contribution in [2.45, 2.75) is 38.4 Å². The summed E-state index contributed by atoms with van der Waals surface area (Å²) in [5.41, 5.74) is 1.50. The highest BCUT2D eigenvalue weighted by Gasteiger charge is 2.20. The Balaban J connectivity index is 3.15. The predicted molar refractivity (Wildman–Crippen MR) is 85.8 cm³/mol. The molecule has 0 aliphatic carbocycles. The molecule has 1 rings (SSSR count). The standard InChI is InChI=1S/C14H19BrN2OS/c1-5-6-9-12(17-19(18)14(2,3)4)13-11(15)8-7-10-16-13/h5,7-8,10H,1,6,9H2,2-4H3. The Kier molecular flexibility index (Phi) is 6.07. The highest BCUT2D eigenvalue weighted by molar-refractivity contribution is 9.10. The van der Waals surface area contributed by atoms with Gasteiger partial charge in [0, 0.05) is 10.7 Å². The van der Waals surface area contributed by atoms with Gasteiger partial charge in [0.2, 0.25) is 0 Å². The van der Waals surface area contributed by atoms with Crippen LogP contribution in [-0.2, 0) is 11.0 Å². The molecule has 0 saturated heterocycles. The zero-order chi connectivity index (χ0) is 14.5. The minimum Gasteiger partial charge on any atom is -0.254 e. The van der Waals surface area contributed by atoms with Crippen molar-refractivity contribution in [2.24, 2.45) is 4.40 Å². The van der Waals surface area contributed by atoms with E-state index >= 15 is 0 Å². The van der Waals surface area contributed by atoms with Gasteiger partial charge in [-0.25, -0.2) is 4.21 Å². The molecule has 1 heterocycles. The molecule has 0 aromatic carbocycles.